The zero-order valence-electron chi connectivity index (χ0n) is 18.7. The van der Waals surface area contributed by atoms with Gasteiger partial charge in [0.05, 0.1) is 17.1 Å². The molecule has 0 fully saturated rings. The van der Waals surface area contributed by atoms with E-state index in [0.29, 0.717) is 16.1 Å². The van der Waals surface area contributed by atoms with Crippen LogP contribution in [0, 0.1) is 6.92 Å². The van der Waals surface area contributed by atoms with Crippen molar-refractivity contribution in [2.24, 2.45) is 0 Å². The fraction of sp³-hybridized carbons (Fsp3) is 0.107. The second kappa shape index (κ2) is 9.21. The van der Waals surface area contributed by atoms with Crippen LogP contribution in [0.15, 0.2) is 111 Å². The summed E-state index contributed by atoms with van der Waals surface area (Å²) in [6.07, 6.45) is 0.252. The Hall–Kier alpha value is -3.61. The highest BCUT2D eigenvalue weighted by atomic mass is 35.5. The number of Topliss-reactive ketones (excluding diaryl/α,β-unsaturated/α-hetero) is 1. The van der Waals surface area contributed by atoms with Crippen LogP contribution >= 0.6 is 11.6 Å². The number of ketones is 1. The maximum absolute atomic E-state index is 14.1. The number of ether oxygens (including phenoxy) is 1. The van der Waals surface area contributed by atoms with Crippen LogP contribution in [0.1, 0.15) is 33.2 Å². The Morgan fingerprint density at radius 1 is 0.857 bits per heavy atom. The fourth-order valence-electron chi connectivity index (χ4n) is 4.23. The molecule has 0 N–H and O–H groups in total. The third-order valence-corrected chi connectivity index (χ3v) is 8.13. The highest BCUT2D eigenvalue weighted by Gasteiger charge is 2.49. The Labute approximate surface area is 208 Å². The molecule has 0 aliphatic carbocycles. The predicted molar refractivity (Wildman–Crippen MR) is 134 cm³/mol. The number of carbonyl (C=O) groups excluding carboxylic acids is 1. The summed E-state index contributed by atoms with van der Waals surface area (Å²) in [6.45, 7) is 1.89. The summed E-state index contributed by atoms with van der Waals surface area (Å²) >= 11 is 6.12. The van der Waals surface area contributed by atoms with Crippen LogP contribution in [-0.2, 0) is 14.6 Å². The molecule has 0 radical (unpaired) electrons. The standard InChI is InChI=1S/C28H21ClO5S/c1-18-9-15-22(16-10-18)35(31,32)28-24(19-11-13-21(29)14-12-19)27(25(30)23-8-5-17-33-23)34-26(28)20-6-3-2-4-7-20/h2-17,24,27H,1H3/t24-,27+/m1/s1. The molecule has 2 heterocycles. The number of halogens is 1. The van der Waals surface area contributed by atoms with Gasteiger partial charge in [0.1, 0.15) is 10.7 Å². The number of hydrogen-bond donors (Lipinski definition) is 0. The lowest BCUT2D eigenvalue weighted by Gasteiger charge is -2.20. The summed E-state index contributed by atoms with van der Waals surface area (Å²) in [5, 5.41) is 0.497. The second-order valence-electron chi connectivity index (χ2n) is 8.29. The summed E-state index contributed by atoms with van der Waals surface area (Å²) in [6, 6.07) is 25.5. The van der Waals surface area contributed by atoms with Crippen molar-refractivity contribution in [1.29, 1.82) is 0 Å². The molecule has 4 aromatic rings. The Bertz CT molecular complexity index is 1490. The number of benzene rings is 3. The van der Waals surface area contributed by atoms with E-state index >= 15 is 0 Å². The Morgan fingerprint density at radius 2 is 1.54 bits per heavy atom. The molecule has 0 unspecified atom stereocenters. The van der Waals surface area contributed by atoms with Crippen molar-refractivity contribution in [3.63, 3.8) is 0 Å². The van der Waals surface area contributed by atoms with Gasteiger partial charge in [0.2, 0.25) is 15.6 Å². The van der Waals surface area contributed by atoms with Crippen LogP contribution in [0.4, 0.5) is 0 Å². The molecule has 1 aromatic heterocycles. The average Bonchev–Trinajstić information content (AvgIpc) is 3.54. The molecule has 5 nitrogen and oxygen atoms in total. The first kappa shape index (κ1) is 23.1. The van der Waals surface area contributed by atoms with Crippen LogP contribution in [0.25, 0.3) is 5.76 Å². The molecule has 0 saturated heterocycles. The molecule has 0 amide bonds. The molecule has 1 aliphatic heterocycles. The minimum Gasteiger partial charge on any atom is -0.479 e. The zero-order valence-corrected chi connectivity index (χ0v) is 20.3. The van der Waals surface area contributed by atoms with Crippen LogP contribution in [0.2, 0.25) is 5.02 Å². The number of rotatable bonds is 6. The molecular formula is C28H21ClO5S. The molecule has 0 saturated carbocycles. The van der Waals surface area contributed by atoms with E-state index in [1.807, 2.05) is 13.0 Å². The summed E-state index contributed by atoms with van der Waals surface area (Å²) in [5.41, 5.74) is 2.09. The highest BCUT2D eigenvalue weighted by molar-refractivity contribution is 7.95. The number of aryl methyl sites for hydroxylation is 1. The minimum atomic E-state index is -4.06. The van der Waals surface area contributed by atoms with E-state index in [1.54, 1.807) is 84.9 Å². The maximum Gasteiger partial charge on any atom is 0.239 e. The van der Waals surface area contributed by atoms with E-state index in [9.17, 15) is 13.2 Å². The number of carbonyl (C=O) groups is 1. The predicted octanol–water partition coefficient (Wildman–Crippen LogP) is 6.45. The van der Waals surface area contributed by atoms with Crippen molar-refractivity contribution in [2.45, 2.75) is 23.8 Å². The minimum absolute atomic E-state index is 0.0276. The Morgan fingerprint density at radius 3 is 2.17 bits per heavy atom. The summed E-state index contributed by atoms with van der Waals surface area (Å²) in [4.78, 5) is 13.7. The van der Waals surface area contributed by atoms with E-state index in [2.05, 4.69) is 0 Å². The van der Waals surface area contributed by atoms with Crippen LogP contribution in [0.5, 0.6) is 0 Å². The summed E-state index contributed by atoms with van der Waals surface area (Å²) in [7, 11) is -4.06. The van der Waals surface area contributed by atoms with Gasteiger partial charge in [-0.2, -0.15) is 0 Å². The van der Waals surface area contributed by atoms with Crippen molar-refractivity contribution < 1.29 is 22.4 Å². The highest BCUT2D eigenvalue weighted by Crippen LogP contribution is 2.48. The quantitative estimate of drug-likeness (QED) is 0.282. The normalized spacial score (nSPS) is 17.9. The maximum atomic E-state index is 14.1. The van der Waals surface area contributed by atoms with Gasteiger partial charge < -0.3 is 9.15 Å². The Kier molecular flexibility index (Phi) is 6.09. The van der Waals surface area contributed by atoms with Crippen molar-refractivity contribution in [2.75, 3.05) is 0 Å². The van der Waals surface area contributed by atoms with Crippen LogP contribution in [0.3, 0.4) is 0 Å². The van der Waals surface area contributed by atoms with Crippen LogP contribution < -0.4 is 0 Å². The van der Waals surface area contributed by atoms with E-state index in [-0.39, 0.29) is 21.3 Å². The monoisotopic (exact) mass is 504 g/mol. The van der Waals surface area contributed by atoms with Gasteiger partial charge in [-0.3, -0.25) is 4.79 Å². The molecular weight excluding hydrogens is 484 g/mol. The third kappa shape index (κ3) is 4.31. The average molecular weight is 505 g/mol. The van der Waals surface area contributed by atoms with Gasteiger partial charge >= 0.3 is 0 Å². The van der Waals surface area contributed by atoms with Crippen molar-refractivity contribution >= 4 is 33.0 Å². The zero-order chi connectivity index (χ0) is 24.6. The van der Waals surface area contributed by atoms with Crippen molar-refractivity contribution in [1.82, 2.24) is 0 Å². The number of hydrogen-bond acceptors (Lipinski definition) is 5. The topological polar surface area (TPSA) is 73.6 Å². The summed E-state index contributed by atoms with van der Waals surface area (Å²) in [5.74, 6) is -1.12. The molecule has 1 aliphatic rings. The molecule has 0 bridgehead atoms. The number of sulfone groups is 1. The molecule has 7 heteroatoms. The van der Waals surface area contributed by atoms with Gasteiger partial charge in [-0.1, -0.05) is 71.8 Å². The third-order valence-electron chi connectivity index (χ3n) is 5.96. The molecule has 35 heavy (non-hydrogen) atoms. The molecule has 5 rings (SSSR count). The van der Waals surface area contributed by atoms with Crippen LogP contribution in [-0.4, -0.2) is 20.3 Å². The van der Waals surface area contributed by atoms with Crippen molar-refractivity contribution in [3.05, 3.63) is 130 Å². The first-order chi connectivity index (χ1) is 16.9. The lowest BCUT2D eigenvalue weighted by atomic mass is 9.90. The number of furan rings is 1. The van der Waals surface area contributed by atoms with Crippen molar-refractivity contribution in [3.8, 4) is 0 Å². The van der Waals surface area contributed by atoms with Gasteiger partial charge in [-0.05, 0) is 48.9 Å². The van der Waals surface area contributed by atoms with Gasteiger partial charge in [0.15, 0.2) is 11.9 Å². The van der Waals surface area contributed by atoms with E-state index < -0.39 is 27.6 Å². The lowest BCUT2D eigenvalue weighted by molar-refractivity contribution is 0.0725. The second-order valence-corrected chi connectivity index (χ2v) is 10.6. The fourth-order valence-corrected chi connectivity index (χ4v) is 6.10. The first-order valence-corrected chi connectivity index (χ1v) is 12.8. The van der Waals surface area contributed by atoms with E-state index in [0.717, 1.165) is 5.56 Å². The van der Waals surface area contributed by atoms with E-state index in [1.165, 1.54) is 6.26 Å². The largest absolute Gasteiger partial charge is 0.479 e. The van der Waals surface area contributed by atoms with Gasteiger partial charge in [-0.25, -0.2) is 8.42 Å². The van der Waals surface area contributed by atoms with Gasteiger partial charge in [-0.15, -0.1) is 0 Å². The van der Waals surface area contributed by atoms with Gasteiger partial charge in [0.25, 0.3) is 0 Å². The molecule has 3 aromatic carbocycles. The summed E-state index contributed by atoms with van der Waals surface area (Å²) < 4.78 is 39.9. The molecule has 176 valence electrons. The Balaban J connectivity index is 1.76. The molecule has 2 atom stereocenters. The van der Waals surface area contributed by atoms with Gasteiger partial charge in [0, 0.05) is 10.6 Å². The first-order valence-electron chi connectivity index (χ1n) is 11.0. The van der Waals surface area contributed by atoms with E-state index in [4.69, 9.17) is 20.8 Å². The smallest absolute Gasteiger partial charge is 0.239 e. The SMILES string of the molecule is Cc1ccc(S(=O)(=O)C2=C(c3ccccc3)O[C@H](C(=O)c3ccco3)[C@H]2c2ccc(Cl)cc2)cc1. The molecule has 0 spiro atoms. The lowest BCUT2D eigenvalue weighted by Crippen LogP contribution is -2.28.